The lowest BCUT2D eigenvalue weighted by molar-refractivity contribution is -0.117. The van der Waals surface area contributed by atoms with Gasteiger partial charge in [-0.25, -0.2) is 0 Å². The number of unbranched alkanes of at least 4 members (excludes halogenated alkanes) is 1. The predicted molar refractivity (Wildman–Crippen MR) is 101 cm³/mol. The third kappa shape index (κ3) is 4.97. The third-order valence-electron chi connectivity index (χ3n) is 3.88. The lowest BCUT2D eigenvalue weighted by Gasteiger charge is -2.17. The minimum atomic E-state index is -0.233. The van der Waals surface area contributed by atoms with Gasteiger partial charge in [0.2, 0.25) is 5.91 Å². The first kappa shape index (κ1) is 17.3. The minimum Gasteiger partial charge on any atom is -0.353 e. The molecule has 0 bridgehead atoms. The van der Waals surface area contributed by atoms with E-state index >= 15 is 0 Å². The second-order valence-corrected chi connectivity index (χ2v) is 6.88. The molecule has 0 unspecified atom stereocenters. The zero-order chi connectivity index (χ0) is 17.5. The number of thioether (sulfide) groups is 1. The van der Waals surface area contributed by atoms with E-state index in [4.69, 9.17) is 0 Å². The van der Waals surface area contributed by atoms with Crippen molar-refractivity contribution in [2.75, 3.05) is 11.9 Å². The number of rotatable bonds is 6. The van der Waals surface area contributed by atoms with Crippen LogP contribution in [-0.2, 0) is 16.0 Å². The van der Waals surface area contributed by atoms with Gasteiger partial charge in [-0.3, -0.25) is 9.59 Å². The van der Waals surface area contributed by atoms with Crippen LogP contribution in [-0.4, -0.2) is 18.4 Å². The van der Waals surface area contributed by atoms with Crippen molar-refractivity contribution < 1.29 is 9.59 Å². The normalized spacial score (nSPS) is 14.7. The number of anilines is 1. The van der Waals surface area contributed by atoms with Crippen molar-refractivity contribution in [1.82, 2.24) is 5.32 Å². The summed E-state index contributed by atoms with van der Waals surface area (Å²) in [5, 5.41) is 5.65. The van der Waals surface area contributed by atoms with E-state index in [2.05, 4.69) is 22.8 Å². The van der Waals surface area contributed by atoms with E-state index in [1.165, 1.54) is 23.4 Å². The molecule has 5 heteroatoms. The summed E-state index contributed by atoms with van der Waals surface area (Å²) in [5.41, 5.74) is 2.10. The molecule has 4 nitrogen and oxygen atoms in total. The lowest BCUT2D eigenvalue weighted by Crippen LogP contribution is -2.25. The SMILES string of the molecule is O=C(/C=C1/Sc2ccccc2NC1=O)NCCCCc1ccccc1. The number of fused-ring (bicyclic) bond motifs is 1. The topological polar surface area (TPSA) is 58.2 Å². The second-order valence-electron chi connectivity index (χ2n) is 5.79. The fourth-order valence-electron chi connectivity index (χ4n) is 2.58. The van der Waals surface area contributed by atoms with Gasteiger partial charge in [0, 0.05) is 17.5 Å². The summed E-state index contributed by atoms with van der Waals surface area (Å²) < 4.78 is 0. The number of carbonyl (C=O) groups is 2. The Hall–Kier alpha value is -2.53. The van der Waals surface area contributed by atoms with Gasteiger partial charge in [-0.2, -0.15) is 0 Å². The third-order valence-corrected chi connectivity index (χ3v) is 4.97. The van der Waals surface area contributed by atoms with E-state index in [0.717, 1.165) is 29.8 Å². The molecule has 0 fully saturated rings. The van der Waals surface area contributed by atoms with Crippen molar-refractivity contribution in [3.05, 3.63) is 71.1 Å². The van der Waals surface area contributed by atoms with Crippen molar-refractivity contribution in [1.29, 1.82) is 0 Å². The van der Waals surface area contributed by atoms with Crippen LogP contribution in [0, 0.1) is 0 Å². The molecule has 25 heavy (non-hydrogen) atoms. The number of aryl methyl sites for hydroxylation is 1. The molecule has 2 aromatic rings. The Bertz CT molecular complexity index is 787. The van der Waals surface area contributed by atoms with E-state index in [0.29, 0.717) is 11.4 Å². The van der Waals surface area contributed by atoms with Crippen LogP contribution in [0.25, 0.3) is 0 Å². The Balaban J connectivity index is 1.44. The first-order valence-corrected chi connectivity index (χ1v) is 9.16. The van der Waals surface area contributed by atoms with Gasteiger partial charge < -0.3 is 10.6 Å². The van der Waals surface area contributed by atoms with Crippen LogP contribution < -0.4 is 10.6 Å². The molecule has 0 radical (unpaired) electrons. The fraction of sp³-hybridized carbons (Fsp3) is 0.200. The predicted octanol–water partition coefficient (Wildman–Crippen LogP) is 3.75. The quantitative estimate of drug-likeness (QED) is 0.615. The molecule has 2 aromatic carbocycles. The number of hydrogen-bond donors (Lipinski definition) is 2. The highest BCUT2D eigenvalue weighted by Gasteiger charge is 2.21. The first-order valence-electron chi connectivity index (χ1n) is 8.34. The van der Waals surface area contributed by atoms with Crippen LogP contribution in [0.15, 0.2) is 70.5 Å². The van der Waals surface area contributed by atoms with Gasteiger partial charge in [0.15, 0.2) is 0 Å². The molecule has 0 spiro atoms. The highest BCUT2D eigenvalue weighted by Crippen LogP contribution is 2.37. The molecular weight excluding hydrogens is 332 g/mol. The second kappa shape index (κ2) is 8.53. The molecular formula is C20H20N2O2S. The van der Waals surface area contributed by atoms with Crippen molar-refractivity contribution in [3.63, 3.8) is 0 Å². The summed E-state index contributed by atoms with van der Waals surface area (Å²) in [6, 6.07) is 17.9. The zero-order valence-corrected chi connectivity index (χ0v) is 14.6. The van der Waals surface area contributed by atoms with E-state index < -0.39 is 0 Å². The molecule has 2 N–H and O–H groups in total. The van der Waals surface area contributed by atoms with Gasteiger partial charge in [-0.1, -0.05) is 54.2 Å². The fourth-order valence-corrected chi connectivity index (χ4v) is 3.51. The highest BCUT2D eigenvalue weighted by atomic mass is 32.2. The molecule has 2 amide bonds. The molecule has 0 atom stereocenters. The number of nitrogens with one attached hydrogen (secondary N) is 2. The van der Waals surface area contributed by atoms with Crippen LogP contribution in [0.2, 0.25) is 0 Å². The van der Waals surface area contributed by atoms with Gasteiger partial charge in [0.25, 0.3) is 5.91 Å². The van der Waals surface area contributed by atoms with E-state index in [-0.39, 0.29) is 11.8 Å². The van der Waals surface area contributed by atoms with Crippen molar-refractivity contribution >= 4 is 29.3 Å². The molecule has 1 aliphatic rings. The van der Waals surface area contributed by atoms with Crippen molar-refractivity contribution in [3.8, 4) is 0 Å². The van der Waals surface area contributed by atoms with Gasteiger partial charge in [-0.05, 0) is 37.0 Å². The Morgan fingerprint density at radius 2 is 1.80 bits per heavy atom. The molecule has 0 aromatic heterocycles. The Labute approximate surface area is 151 Å². The van der Waals surface area contributed by atoms with Gasteiger partial charge in [0.1, 0.15) is 0 Å². The number of amides is 2. The first-order chi connectivity index (χ1) is 12.2. The standard InChI is InChI=1S/C20H20N2O2S/c23-19(21-13-7-6-10-15-8-2-1-3-9-15)14-18-20(24)22-16-11-4-5-12-17(16)25-18/h1-5,8-9,11-12,14H,6-7,10,13H2,(H,21,23)(H,22,24)/b18-14+. The van der Waals surface area contributed by atoms with Crippen molar-refractivity contribution in [2.24, 2.45) is 0 Å². The number of benzene rings is 2. The van der Waals surface area contributed by atoms with Crippen LogP contribution in [0.3, 0.4) is 0 Å². The van der Waals surface area contributed by atoms with Gasteiger partial charge in [0.05, 0.1) is 10.6 Å². The summed E-state index contributed by atoms with van der Waals surface area (Å²) in [6.45, 7) is 0.609. The smallest absolute Gasteiger partial charge is 0.262 e. The van der Waals surface area contributed by atoms with Crippen LogP contribution >= 0.6 is 11.8 Å². The van der Waals surface area contributed by atoms with Crippen LogP contribution in [0.1, 0.15) is 18.4 Å². The molecule has 3 rings (SSSR count). The van der Waals surface area contributed by atoms with Crippen molar-refractivity contribution in [2.45, 2.75) is 24.2 Å². The number of carbonyl (C=O) groups excluding carboxylic acids is 2. The summed E-state index contributed by atoms with van der Waals surface area (Å²) in [6.07, 6.45) is 4.31. The molecule has 1 heterocycles. The summed E-state index contributed by atoms with van der Waals surface area (Å²) in [5.74, 6) is -0.459. The maximum Gasteiger partial charge on any atom is 0.262 e. The molecule has 1 aliphatic heterocycles. The molecule has 128 valence electrons. The average molecular weight is 352 g/mol. The largest absolute Gasteiger partial charge is 0.353 e. The van der Waals surface area contributed by atoms with Gasteiger partial charge >= 0.3 is 0 Å². The Morgan fingerprint density at radius 1 is 1.04 bits per heavy atom. The lowest BCUT2D eigenvalue weighted by atomic mass is 10.1. The van der Waals surface area contributed by atoms with E-state index in [1.54, 1.807) is 0 Å². The molecule has 0 saturated carbocycles. The molecule has 0 aliphatic carbocycles. The monoisotopic (exact) mass is 352 g/mol. The van der Waals surface area contributed by atoms with Crippen LogP contribution in [0.4, 0.5) is 5.69 Å². The Morgan fingerprint density at radius 3 is 2.64 bits per heavy atom. The minimum absolute atomic E-state index is 0.225. The maximum absolute atomic E-state index is 12.0. The summed E-state index contributed by atoms with van der Waals surface area (Å²) in [4.78, 5) is 25.4. The maximum atomic E-state index is 12.0. The zero-order valence-electron chi connectivity index (χ0n) is 13.8. The Kier molecular flexibility index (Phi) is 5.90. The summed E-state index contributed by atoms with van der Waals surface area (Å²) >= 11 is 1.32. The van der Waals surface area contributed by atoms with E-state index in [1.807, 2.05) is 42.5 Å². The highest BCUT2D eigenvalue weighted by molar-refractivity contribution is 8.04. The number of hydrogen-bond acceptors (Lipinski definition) is 3. The number of para-hydroxylation sites is 1. The van der Waals surface area contributed by atoms with E-state index in [9.17, 15) is 9.59 Å². The molecule has 0 saturated heterocycles. The average Bonchev–Trinajstić information content (AvgIpc) is 2.63. The van der Waals surface area contributed by atoms with Crippen LogP contribution in [0.5, 0.6) is 0 Å². The van der Waals surface area contributed by atoms with Gasteiger partial charge in [-0.15, -0.1) is 0 Å². The summed E-state index contributed by atoms with van der Waals surface area (Å²) in [7, 11) is 0.